The van der Waals surface area contributed by atoms with Crippen molar-refractivity contribution in [1.82, 2.24) is 5.32 Å². The van der Waals surface area contributed by atoms with Crippen molar-refractivity contribution in [2.45, 2.75) is 0 Å². The van der Waals surface area contributed by atoms with E-state index in [1.165, 1.54) is 7.11 Å². The van der Waals surface area contributed by atoms with Crippen molar-refractivity contribution in [3.05, 3.63) is 64.6 Å². The van der Waals surface area contributed by atoms with Crippen LogP contribution in [0.1, 0.15) is 15.9 Å². The minimum Gasteiger partial charge on any atom is -0.493 e. The first-order valence-corrected chi connectivity index (χ1v) is 8.08. The molecule has 2 amide bonds. The van der Waals surface area contributed by atoms with E-state index in [1.807, 2.05) is 6.07 Å². The Morgan fingerprint density at radius 2 is 1.84 bits per heavy atom. The molecule has 0 atom stereocenters. The molecule has 0 unspecified atom stereocenters. The van der Waals surface area contributed by atoms with Crippen molar-refractivity contribution >= 4 is 35.0 Å². The van der Waals surface area contributed by atoms with Crippen LogP contribution in [0, 0.1) is 0 Å². The van der Waals surface area contributed by atoms with E-state index in [-0.39, 0.29) is 5.75 Å². The van der Waals surface area contributed by atoms with Crippen molar-refractivity contribution in [1.29, 1.82) is 0 Å². The third-order valence-corrected chi connectivity index (χ3v) is 4.15. The van der Waals surface area contributed by atoms with Crippen LogP contribution in [0.5, 0.6) is 11.5 Å². The van der Waals surface area contributed by atoms with Gasteiger partial charge in [-0.2, -0.15) is 0 Å². The molecule has 0 aromatic heterocycles. The summed E-state index contributed by atoms with van der Waals surface area (Å²) in [5, 5.41) is 1.78. The lowest BCUT2D eigenvalue weighted by Gasteiger charge is -2.10. The number of imide groups is 1. The van der Waals surface area contributed by atoms with Gasteiger partial charge < -0.3 is 9.47 Å². The zero-order chi connectivity index (χ0) is 17.8. The van der Waals surface area contributed by atoms with Crippen molar-refractivity contribution in [2.75, 3.05) is 7.11 Å². The topological polar surface area (TPSA) is 81.7 Å². The Kier molecular flexibility index (Phi) is 4.85. The summed E-state index contributed by atoms with van der Waals surface area (Å²) in [5.41, 5.74) is 1.07. The minimum atomic E-state index is -0.499. The van der Waals surface area contributed by atoms with Gasteiger partial charge in [-0.15, -0.1) is 0 Å². The van der Waals surface area contributed by atoms with Crippen molar-refractivity contribution in [3.63, 3.8) is 0 Å². The largest absolute Gasteiger partial charge is 0.493 e. The Morgan fingerprint density at radius 3 is 2.48 bits per heavy atom. The quantitative estimate of drug-likeness (QED) is 0.515. The first-order valence-electron chi connectivity index (χ1n) is 7.27. The Labute approximate surface area is 147 Å². The second-order valence-electron chi connectivity index (χ2n) is 5.02. The number of nitrogens with one attached hydrogen (secondary N) is 1. The van der Waals surface area contributed by atoms with Gasteiger partial charge in [0.25, 0.3) is 11.1 Å². The van der Waals surface area contributed by atoms with Gasteiger partial charge in [-0.25, -0.2) is 4.79 Å². The first kappa shape index (κ1) is 16.8. The summed E-state index contributed by atoms with van der Waals surface area (Å²) in [5.74, 6) is -0.332. The molecule has 126 valence electrons. The lowest BCUT2D eigenvalue weighted by atomic mass is 10.2. The predicted octanol–water partition coefficient (Wildman–Crippen LogP) is 3.24. The highest BCUT2D eigenvalue weighted by atomic mass is 32.2. The van der Waals surface area contributed by atoms with Gasteiger partial charge in [0.15, 0.2) is 11.5 Å². The van der Waals surface area contributed by atoms with Crippen LogP contribution in [0.25, 0.3) is 6.08 Å². The minimum absolute atomic E-state index is 0.262. The van der Waals surface area contributed by atoms with Crippen LogP contribution in [0.2, 0.25) is 0 Å². The molecule has 1 N–H and O–H groups in total. The number of carbonyl (C=O) groups is 3. The van der Waals surface area contributed by atoms with Gasteiger partial charge >= 0.3 is 5.97 Å². The van der Waals surface area contributed by atoms with Crippen LogP contribution in [0.15, 0.2) is 53.4 Å². The van der Waals surface area contributed by atoms with Gasteiger partial charge in [0.05, 0.1) is 17.6 Å². The summed E-state index contributed by atoms with van der Waals surface area (Å²) >= 11 is 0.829. The smallest absolute Gasteiger partial charge is 0.343 e. The molecule has 0 aliphatic carbocycles. The number of ether oxygens (including phenoxy) is 2. The molecule has 0 bridgehead atoms. The maximum atomic E-state index is 12.1. The summed E-state index contributed by atoms with van der Waals surface area (Å²) in [6.45, 7) is 0. The van der Waals surface area contributed by atoms with Crippen molar-refractivity contribution in [3.8, 4) is 11.5 Å². The number of methoxy groups -OCH3 is 1. The van der Waals surface area contributed by atoms with Gasteiger partial charge in [-0.05, 0) is 47.7 Å². The van der Waals surface area contributed by atoms with E-state index in [9.17, 15) is 14.4 Å². The van der Waals surface area contributed by atoms with E-state index >= 15 is 0 Å². The number of rotatable bonds is 4. The number of benzene rings is 2. The molecule has 0 radical (unpaired) electrons. The summed E-state index contributed by atoms with van der Waals surface area (Å²) in [6.07, 6.45) is 1.57. The lowest BCUT2D eigenvalue weighted by molar-refractivity contribution is -0.115. The van der Waals surface area contributed by atoms with Gasteiger partial charge in [-0.3, -0.25) is 14.9 Å². The number of thioether (sulfide) groups is 1. The highest BCUT2D eigenvalue weighted by molar-refractivity contribution is 8.18. The zero-order valence-corrected chi connectivity index (χ0v) is 14.0. The number of hydrogen-bond acceptors (Lipinski definition) is 6. The van der Waals surface area contributed by atoms with E-state index in [4.69, 9.17) is 9.47 Å². The Hall–Kier alpha value is -3.06. The molecule has 6 nitrogen and oxygen atoms in total. The fourth-order valence-electron chi connectivity index (χ4n) is 2.16. The second kappa shape index (κ2) is 7.23. The fourth-order valence-corrected chi connectivity index (χ4v) is 2.85. The van der Waals surface area contributed by atoms with E-state index < -0.39 is 17.1 Å². The third kappa shape index (κ3) is 3.89. The van der Waals surface area contributed by atoms with Crippen LogP contribution < -0.4 is 14.8 Å². The third-order valence-electron chi connectivity index (χ3n) is 3.34. The number of carbonyl (C=O) groups excluding carboxylic acids is 3. The number of amides is 2. The lowest BCUT2D eigenvalue weighted by Crippen LogP contribution is -2.17. The first-order chi connectivity index (χ1) is 12.1. The second-order valence-corrected chi connectivity index (χ2v) is 6.03. The average Bonchev–Trinajstić information content (AvgIpc) is 2.94. The molecule has 3 rings (SSSR count). The van der Waals surface area contributed by atoms with Crippen LogP contribution in [0.3, 0.4) is 0 Å². The monoisotopic (exact) mass is 355 g/mol. The molecule has 1 aliphatic heterocycles. The van der Waals surface area contributed by atoms with Crippen LogP contribution in [-0.4, -0.2) is 24.2 Å². The average molecular weight is 355 g/mol. The van der Waals surface area contributed by atoms with E-state index in [2.05, 4.69) is 5.32 Å². The highest BCUT2D eigenvalue weighted by Gasteiger charge is 2.25. The Balaban J connectivity index is 1.83. The van der Waals surface area contributed by atoms with Crippen molar-refractivity contribution in [2.24, 2.45) is 0 Å². The summed E-state index contributed by atoms with van der Waals surface area (Å²) < 4.78 is 10.6. The Morgan fingerprint density at radius 1 is 1.08 bits per heavy atom. The molecule has 1 aliphatic rings. The number of esters is 1. The zero-order valence-electron chi connectivity index (χ0n) is 13.1. The maximum absolute atomic E-state index is 12.1. The molecule has 1 heterocycles. The molecule has 1 fully saturated rings. The molecule has 2 aromatic carbocycles. The molecule has 7 heteroatoms. The molecule has 25 heavy (non-hydrogen) atoms. The van der Waals surface area contributed by atoms with Gasteiger partial charge in [0.1, 0.15) is 0 Å². The normalized spacial score (nSPS) is 15.2. The molecule has 0 spiro atoms. The Bertz CT molecular complexity index is 876. The van der Waals surface area contributed by atoms with Crippen LogP contribution in [0.4, 0.5) is 4.79 Å². The molecule has 1 saturated heterocycles. The predicted molar refractivity (Wildman–Crippen MR) is 93.5 cm³/mol. The van der Waals surface area contributed by atoms with E-state index in [1.54, 1.807) is 48.5 Å². The number of hydrogen-bond donors (Lipinski definition) is 1. The van der Waals surface area contributed by atoms with Crippen molar-refractivity contribution < 1.29 is 23.9 Å². The molecule has 2 aromatic rings. The fraction of sp³-hybridized carbons (Fsp3) is 0.0556. The van der Waals surface area contributed by atoms with Crippen LogP contribution in [-0.2, 0) is 4.79 Å². The molecule has 0 saturated carbocycles. The summed E-state index contributed by atoms with van der Waals surface area (Å²) in [6, 6.07) is 13.5. The van der Waals surface area contributed by atoms with Gasteiger partial charge in [0, 0.05) is 0 Å². The van der Waals surface area contributed by atoms with E-state index in [0.717, 1.165) is 11.8 Å². The standard InChI is InChI=1S/C18H13NO5S/c1-23-14-9-11(10-15-16(20)19-18(22)25-15)7-8-13(14)24-17(21)12-5-3-2-4-6-12/h2-10H,1H3,(H,19,20,22). The summed E-state index contributed by atoms with van der Waals surface area (Å²) in [7, 11) is 1.45. The van der Waals surface area contributed by atoms with Gasteiger partial charge in [-0.1, -0.05) is 24.3 Å². The summed E-state index contributed by atoms with van der Waals surface area (Å²) in [4.78, 5) is 35.2. The van der Waals surface area contributed by atoms with Gasteiger partial charge in [0.2, 0.25) is 0 Å². The van der Waals surface area contributed by atoms with Crippen LogP contribution >= 0.6 is 11.8 Å². The SMILES string of the molecule is COc1cc(C=C2SC(=O)NC2=O)ccc1OC(=O)c1ccccc1. The van der Waals surface area contributed by atoms with E-state index in [0.29, 0.717) is 21.8 Å². The molecular weight excluding hydrogens is 342 g/mol. The highest BCUT2D eigenvalue weighted by Crippen LogP contribution is 2.32. The maximum Gasteiger partial charge on any atom is 0.343 e. The molecular formula is C18H13NO5S.